The summed E-state index contributed by atoms with van der Waals surface area (Å²) < 4.78 is 42.9. The van der Waals surface area contributed by atoms with Gasteiger partial charge in [-0.15, -0.1) is 0 Å². The molecule has 3 aromatic heterocycles. The number of hydrogen-bond acceptors (Lipinski definition) is 4. The molecule has 0 bridgehead atoms. The van der Waals surface area contributed by atoms with E-state index in [4.69, 9.17) is 11.6 Å². The van der Waals surface area contributed by atoms with Crippen LogP contribution in [0.1, 0.15) is 28.9 Å². The number of hydrogen-bond donors (Lipinski definition) is 1. The molecule has 0 atom stereocenters. The molecule has 0 aliphatic heterocycles. The van der Waals surface area contributed by atoms with Crippen molar-refractivity contribution in [3.8, 4) is 0 Å². The van der Waals surface area contributed by atoms with Crippen LogP contribution in [0.15, 0.2) is 36.7 Å². The largest absolute Gasteiger partial charge is 0.322 e. The van der Waals surface area contributed by atoms with Gasteiger partial charge in [0.15, 0.2) is 5.65 Å². The fourth-order valence-corrected chi connectivity index (χ4v) is 3.70. The van der Waals surface area contributed by atoms with Gasteiger partial charge >= 0.3 is 0 Å². The zero-order valence-corrected chi connectivity index (χ0v) is 17.9. The molecule has 0 spiro atoms. The third-order valence-electron chi connectivity index (χ3n) is 4.83. The van der Waals surface area contributed by atoms with Crippen molar-refractivity contribution in [2.24, 2.45) is 0 Å². The zero-order chi connectivity index (χ0) is 23.0. The third-order valence-corrected chi connectivity index (χ3v) is 5.18. The Morgan fingerprint density at radius 1 is 1.25 bits per heavy atom. The molecule has 7 nitrogen and oxygen atoms in total. The first kappa shape index (κ1) is 21.8. The van der Waals surface area contributed by atoms with Gasteiger partial charge in [-0.3, -0.25) is 9.48 Å². The summed E-state index contributed by atoms with van der Waals surface area (Å²) in [5, 5.41) is 11.6. The molecular weight excluding hydrogens is 445 g/mol. The van der Waals surface area contributed by atoms with Gasteiger partial charge in [0.2, 0.25) is 5.91 Å². The van der Waals surface area contributed by atoms with E-state index in [9.17, 15) is 18.0 Å². The molecule has 0 saturated heterocycles. The Morgan fingerprint density at radius 3 is 2.75 bits per heavy atom. The van der Waals surface area contributed by atoms with Gasteiger partial charge < -0.3 is 5.32 Å². The van der Waals surface area contributed by atoms with Crippen molar-refractivity contribution >= 4 is 34.2 Å². The molecule has 0 fully saturated rings. The van der Waals surface area contributed by atoms with E-state index in [0.717, 1.165) is 0 Å². The van der Waals surface area contributed by atoms with E-state index >= 15 is 0 Å². The summed E-state index contributed by atoms with van der Waals surface area (Å²) in [6.45, 7) is 3.29. The molecule has 1 amide bonds. The number of pyridine rings is 1. The molecule has 0 radical (unpaired) electrons. The highest BCUT2D eigenvalue weighted by molar-refractivity contribution is 6.31. The molecule has 1 aromatic carbocycles. The highest BCUT2D eigenvalue weighted by Crippen LogP contribution is 2.30. The van der Waals surface area contributed by atoms with Gasteiger partial charge in [-0.25, -0.2) is 22.8 Å². The number of alkyl halides is 2. The molecule has 3 heterocycles. The van der Waals surface area contributed by atoms with Crippen LogP contribution >= 0.6 is 11.6 Å². The Bertz CT molecular complexity index is 1320. The van der Waals surface area contributed by atoms with Crippen LogP contribution < -0.4 is 5.32 Å². The van der Waals surface area contributed by atoms with Gasteiger partial charge in [-0.05, 0) is 37.6 Å². The highest BCUT2D eigenvalue weighted by Gasteiger charge is 2.20. The molecule has 166 valence electrons. The van der Waals surface area contributed by atoms with Crippen molar-refractivity contribution in [1.29, 1.82) is 0 Å². The van der Waals surface area contributed by atoms with Gasteiger partial charge in [-0.1, -0.05) is 17.7 Å². The first-order valence-corrected chi connectivity index (χ1v) is 9.98. The molecule has 0 aliphatic carbocycles. The summed E-state index contributed by atoms with van der Waals surface area (Å²) in [6, 6.07) is 5.41. The second-order valence-electron chi connectivity index (χ2n) is 7.31. The summed E-state index contributed by atoms with van der Waals surface area (Å²) in [7, 11) is 0. The number of carbonyl (C=O) groups is 1. The van der Waals surface area contributed by atoms with Crippen LogP contribution in [-0.2, 0) is 17.9 Å². The minimum absolute atomic E-state index is 0.155. The van der Waals surface area contributed by atoms with Crippen molar-refractivity contribution in [1.82, 2.24) is 24.5 Å². The number of benzene rings is 1. The lowest BCUT2D eigenvalue weighted by molar-refractivity contribution is -0.116. The summed E-state index contributed by atoms with van der Waals surface area (Å²) in [6.07, 6.45) is 0.380. The van der Waals surface area contributed by atoms with Crippen LogP contribution in [0.2, 0.25) is 5.02 Å². The number of aromatic nitrogens is 5. The zero-order valence-electron chi connectivity index (χ0n) is 17.1. The van der Waals surface area contributed by atoms with Crippen LogP contribution in [0.3, 0.4) is 0 Å². The van der Waals surface area contributed by atoms with Crippen molar-refractivity contribution in [2.75, 3.05) is 5.32 Å². The Labute approximate surface area is 185 Å². The van der Waals surface area contributed by atoms with Crippen LogP contribution in [-0.4, -0.2) is 30.5 Å². The maximum absolute atomic E-state index is 13.4. The molecule has 11 heteroatoms. The minimum atomic E-state index is -2.68. The van der Waals surface area contributed by atoms with Crippen molar-refractivity contribution in [2.45, 2.75) is 33.4 Å². The Kier molecular flexibility index (Phi) is 5.88. The summed E-state index contributed by atoms with van der Waals surface area (Å²) in [4.78, 5) is 16.8. The predicted octanol–water partition coefficient (Wildman–Crippen LogP) is 4.66. The van der Waals surface area contributed by atoms with E-state index in [2.05, 4.69) is 20.5 Å². The van der Waals surface area contributed by atoms with E-state index in [1.54, 1.807) is 30.8 Å². The lowest BCUT2D eigenvalue weighted by atomic mass is 10.1. The molecule has 0 saturated carbocycles. The fourth-order valence-electron chi connectivity index (χ4n) is 3.48. The van der Waals surface area contributed by atoms with E-state index in [-0.39, 0.29) is 34.7 Å². The summed E-state index contributed by atoms with van der Waals surface area (Å²) >= 11 is 6.04. The lowest BCUT2D eigenvalue weighted by Gasteiger charge is -2.07. The van der Waals surface area contributed by atoms with Crippen LogP contribution in [0.25, 0.3) is 11.0 Å². The number of halogens is 4. The maximum Gasteiger partial charge on any atom is 0.264 e. The van der Waals surface area contributed by atoms with Crippen molar-refractivity contribution < 1.29 is 18.0 Å². The van der Waals surface area contributed by atoms with Gasteiger partial charge in [0, 0.05) is 22.5 Å². The second kappa shape index (κ2) is 8.62. The maximum atomic E-state index is 13.4. The van der Waals surface area contributed by atoms with E-state index < -0.39 is 18.1 Å². The Hall–Kier alpha value is -3.40. The van der Waals surface area contributed by atoms with Gasteiger partial charge in [0.1, 0.15) is 12.4 Å². The fraction of sp³-hybridized carbons (Fsp3) is 0.238. The summed E-state index contributed by atoms with van der Waals surface area (Å²) in [5.41, 5.74) is 1.96. The average Bonchev–Trinajstić information content (AvgIpc) is 3.27. The normalized spacial score (nSPS) is 11.5. The van der Waals surface area contributed by atoms with Crippen LogP contribution in [0, 0.1) is 19.7 Å². The second-order valence-corrected chi connectivity index (χ2v) is 7.71. The first-order chi connectivity index (χ1) is 15.2. The summed E-state index contributed by atoms with van der Waals surface area (Å²) in [5.74, 6) is -0.852. The molecule has 32 heavy (non-hydrogen) atoms. The number of rotatable bonds is 6. The number of nitrogens with one attached hydrogen (secondary N) is 1. The molecule has 4 aromatic rings. The molecule has 4 rings (SSSR count). The number of amides is 1. The smallest absolute Gasteiger partial charge is 0.264 e. The number of carbonyl (C=O) groups excluding carboxylic acids is 1. The highest BCUT2D eigenvalue weighted by atomic mass is 35.5. The predicted molar refractivity (Wildman–Crippen MR) is 113 cm³/mol. The van der Waals surface area contributed by atoms with E-state index in [0.29, 0.717) is 22.6 Å². The van der Waals surface area contributed by atoms with Crippen molar-refractivity contribution in [3.63, 3.8) is 0 Å². The Morgan fingerprint density at radius 2 is 2.03 bits per heavy atom. The molecule has 0 unspecified atom stereocenters. The minimum Gasteiger partial charge on any atom is -0.322 e. The average molecular weight is 463 g/mol. The number of fused-ring (bicyclic) bond motifs is 1. The van der Waals surface area contributed by atoms with Gasteiger partial charge in [-0.2, -0.15) is 10.2 Å². The van der Waals surface area contributed by atoms with E-state index in [1.807, 2.05) is 0 Å². The van der Waals surface area contributed by atoms with Gasteiger partial charge in [0.25, 0.3) is 6.43 Å². The topological polar surface area (TPSA) is 77.6 Å². The lowest BCUT2D eigenvalue weighted by Crippen LogP contribution is -2.19. The van der Waals surface area contributed by atoms with Crippen LogP contribution in [0.4, 0.5) is 18.9 Å². The number of anilines is 1. The standard InChI is InChI=1S/C21H18ClF3N6O/c1-11-5-16(20(24)25)19-12(2)29-31(21(19)27-11)10-18(32)28-15-7-26-30(9-15)8-13-3-4-14(23)6-17(13)22/h3-7,9,20H,8,10H2,1-2H3,(H,28,32). The van der Waals surface area contributed by atoms with E-state index in [1.165, 1.54) is 29.1 Å². The van der Waals surface area contributed by atoms with Crippen LogP contribution in [0.5, 0.6) is 0 Å². The molecular formula is C21H18ClF3N6O. The third kappa shape index (κ3) is 4.45. The quantitative estimate of drug-likeness (QED) is 0.452. The van der Waals surface area contributed by atoms with Gasteiger partial charge in [0.05, 0.1) is 29.5 Å². The Balaban J connectivity index is 1.50. The van der Waals surface area contributed by atoms with Crippen molar-refractivity contribution in [3.05, 3.63) is 70.0 Å². The first-order valence-electron chi connectivity index (χ1n) is 9.60. The monoisotopic (exact) mass is 462 g/mol. The molecule has 0 aliphatic rings. The number of nitrogens with zero attached hydrogens (tertiary/aromatic N) is 5. The molecule has 1 N–H and O–H groups in total. The number of aryl methyl sites for hydroxylation is 2. The SMILES string of the molecule is Cc1cc(C(F)F)c2c(C)nn(CC(=O)Nc3cnn(Cc4ccc(F)cc4Cl)c3)c2n1.